The predicted octanol–water partition coefficient (Wildman–Crippen LogP) is 3.49. The molecule has 30 heavy (non-hydrogen) atoms. The normalized spacial score (nSPS) is 11.3. The first-order chi connectivity index (χ1) is 14.3. The summed E-state index contributed by atoms with van der Waals surface area (Å²) in [5, 5.41) is 11.9. The molecule has 0 radical (unpaired) electrons. The number of benzene rings is 2. The van der Waals surface area contributed by atoms with Gasteiger partial charge in [0.25, 0.3) is 5.91 Å². The van der Waals surface area contributed by atoms with Crippen molar-refractivity contribution in [3.8, 4) is 22.9 Å². The highest BCUT2D eigenvalue weighted by atomic mass is 32.2. The molecule has 0 saturated heterocycles. The Labute approximate surface area is 179 Å². The standard InChI is InChI=1S/C21H20N4O3S2/c1-4-13-22-30(27,28)18-11-9-16(10-12-18)19(26)23-21-25-24-20(29-21)17-7-5-15(6-8-17)14(2)3/h1,5-12,14,22H,13H2,2-3H3,(H,23,25,26). The van der Waals surface area contributed by atoms with E-state index in [1.165, 1.54) is 41.2 Å². The van der Waals surface area contributed by atoms with Crippen LogP contribution in [0, 0.1) is 12.3 Å². The second-order valence-corrected chi connectivity index (χ2v) is 9.44. The summed E-state index contributed by atoms with van der Waals surface area (Å²) < 4.78 is 26.3. The fraction of sp³-hybridized carbons (Fsp3) is 0.190. The first-order valence-electron chi connectivity index (χ1n) is 9.08. The zero-order valence-electron chi connectivity index (χ0n) is 16.4. The van der Waals surface area contributed by atoms with Crippen LogP contribution >= 0.6 is 11.3 Å². The monoisotopic (exact) mass is 440 g/mol. The van der Waals surface area contributed by atoms with Crippen molar-refractivity contribution >= 4 is 32.4 Å². The molecule has 3 rings (SSSR count). The third-order valence-corrected chi connectivity index (χ3v) is 6.57. The number of aromatic nitrogens is 2. The molecule has 7 nitrogen and oxygen atoms in total. The summed E-state index contributed by atoms with van der Waals surface area (Å²) in [6.45, 7) is 4.15. The maximum absolute atomic E-state index is 12.4. The van der Waals surface area contributed by atoms with Crippen molar-refractivity contribution in [3.05, 3.63) is 59.7 Å². The largest absolute Gasteiger partial charge is 0.296 e. The van der Waals surface area contributed by atoms with Gasteiger partial charge in [-0.05, 0) is 35.7 Å². The van der Waals surface area contributed by atoms with Crippen LogP contribution in [0.3, 0.4) is 0 Å². The van der Waals surface area contributed by atoms with Crippen molar-refractivity contribution in [1.82, 2.24) is 14.9 Å². The van der Waals surface area contributed by atoms with E-state index in [0.717, 1.165) is 5.56 Å². The molecule has 2 aromatic carbocycles. The molecule has 9 heteroatoms. The van der Waals surface area contributed by atoms with Crippen LogP contribution < -0.4 is 10.0 Å². The van der Waals surface area contributed by atoms with Crippen molar-refractivity contribution in [2.24, 2.45) is 0 Å². The molecule has 3 aromatic rings. The SMILES string of the molecule is C#CCNS(=O)(=O)c1ccc(C(=O)Nc2nnc(-c3ccc(C(C)C)cc3)s2)cc1. The van der Waals surface area contributed by atoms with Gasteiger partial charge in [-0.25, -0.2) is 8.42 Å². The first kappa shape index (κ1) is 21.6. The lowest BCUT2D eigenvalue weighted by Crippen LogP contribution is -2.24. The number of nitrogens with zero attached hydrogens (tertiary/aromatic N) is 2. The van der Waals surface area contributed by atoms with E-state index in [0.29, 0.717) is 21.6 Å². The smallest absolute Gasteiger partial charge is 0.257 e. The van der Waals surface area contributed by atoms with E-state index in [4.69, 9.17) is 6.42 Å². The molecular weight excluding hydrogens is 420 g/mol. The molecule has 0 spiro atoms. The molecule has 0 bridgehead atoms. The minimum atomic E-state index is -3.70. The lowest BCUT2D eigenvalue weighted by molar-refractivity contribution is 0.102. The van der Waals surface area contributed by atoms with Crippen molar-refractivity contribution in [2.45, 2.75) is 24.7 Å². The molecule has 1 heterocycles. The molecule has 1 aromatic heterocycles. The summed E-state index contributed by atoms with van der Waals surface area (Å²) in [4.78, 5) is 12.5. The maximum Gasteiger partial charge on any atom is 0.257 e. The van der Waals surface area contributed by atoms with Gasteiger partial charge in [-0.2, -0.15) is 4.72 Å². The van der Waals surface area contributed by atoms with E-state index < -0.39 is 15.9 Å². The number of rotatable bonds is 7. The van der Waals surface area contributed by atoms with Crippen molar-refractivity contribution in [3.63, 3.8) is 0 Å². The zero-order valence-corrected chi connectivity index (χ0v) is 18.0. The Hall–Kier alpha value is -3.06. The van der Waals surface area contributed by atoms with Gasteiger partial charge < -0.3 is 0 Å². The average molecular weight is 441 g/mol. The molecule has 2 N–H and O–H groups in total. The van der Waals surface area contributed by atoms with E-state index in [2.05, 4.69) is 40.0 Å². The van der Waals surface area contributed by atoms with Gasteiger partial charge in [0.15, 0.2) is 0 Å². The number of sulfonamides is 1. The van der Waals surface area contributed by atoms with Crippen LogP contribution in [-0.4, -0.2) is 31.1 Å². The van der Waals surface area contributed by atoms with Crippen LogP contribution in [0.5, 0.6) is 0 Å². The Balaban J connectivity index is 1.69. The van der Waals surface area contributed by atoms with Crippen molar-refractivity contribution in [1.29, 1.82) is 0 Å². The van der Waals surface area contributed by atoms with Gasteiger partial charge in [-0.3, -0.25) is 10.1 Å². The number of carbonyl (C=O) groups is 1. The number of carbonyl (C=O) groups excluding carboxylic acids is 1. The Bertz CT molecular complexity index is 1180. The van der Waals surface area contributed by atoms with E-state index >= 15 is 0 Å². The predicted molar refractivity (Wildman–Crippen MR) is 118 cm³/mol. The lowest BCUT2D eigenvalue weighted by atomic mass is 10.0. The maximum atomic E-state index is 12.4. The third kappa shape index (κ3) is 5.10. The molecule has 1 amide bonds. The Kier molecular flexibility index (Phi) is 6.62. The molecule has 0 atom stereocenters. The van der Waals surface area contributed by atoms with Crippen LogP contribution in [0.4, 0.5) is 5.13 Å². The molecule has 0 saturated carbocycles. The topological polar surface area (TPSA) is 101 Å². The molecule has 0 aliphatic carbocycles. The Morgan fingerprint density at radius 1 is 1.10 bits per heavy atom. The van der Waals surface area contributed by atoms with Gasteiger partial charge in [0.1, 0.15) is 5.01 Å². The van der Waals surface area contributed by atoms with Crippen molar-refractivity contribution in [2.75, 3.05) is 11.9 Å². The van der Waals surface area contributed by atoms with Crippen LogP contribution in [0.25, 0.3) is 10.6 Å². The minimum absolute atomic E-state index is 0.0253. The Morgan fingerprint density at radius 3 is 2.37 bits per heavy atom. The number of hydrogen-bond acceptors (Lipinski definition) is 6. The highest BCUT2D eigenvalue weighted by Crippen LogP contribution is 2.28. The number of amides is 1. The summed E-state index contributed by atoms with van der Waals surface area (Å²) in [7, 11) is -3.70. The summed E-state index contributed by atoms with van der Waals surface area (Å²) in [5.74, 6) is 2.24. The van der Waals surface area contributed by atoms with Gasteiger partial charge in [-0.1, -0.05) is 55.4 Å². The van der Waals surface area contributed by atoms with Crippen LogP contribution in [0.2, 0.25) is 0 Å². The summed E-state index contributed by atoms with van der Waals surface area (Å²) >= 11 is 1.26. The first-order valence-corrected chi connectivity index (χ1v) is 11.4. The van der Waals surface area contributed by atoms with Crippen LogP contribution in [0.15, 0.2) is 53.4 Å². The number of anilines is 1. The van der Waals surface area contributed by atoms with Gasteiger partial charge in [-0.15, -0.1) is 16.6 Å². The molecule has 0 unspecified atom stereocenters. The lowest BCUT2D eigenvalue weighted by Gasteiger charge is -2.05. The van der Waals surface area contributed by atoms with Gasteiger partial charge >= 0.3 is 0 Å². The minimum Gasteiger partial charge on any atom is -0.296 e. The van der Waals surface area contributed by atoms with E-state index in [1.54, 1.807) is 0 Å². The molecule has 0 aliphatic rings. The fourth-order valence-corrected chi connectivity index (χ4v) is 4.25. The third-order valence-electron chi connectivity index (χ3n) is 4.26. The summed E-state index contributed by atoms with van der Waals surface area (Å²) in [6.07, 6.45) is 5.07. The van der Waals surface area contributed by atoms with Gasteiger partial charge in [0.05, 0.1) is 11.4 Å². The van der Waals surface area contributed by atoms with E-state index in [-0.39, 0.29) is 11.4 Å². The quantitative estimate of drug-likeness (QED) is 0.548. The molecular formula is C21H20N4O3S2. The van der Waals surface area contributed by atoms with Gasteiger partial charge in [0, 0.05) is 11.1 Å². The van der Waals surface area contributed by atoms with Crippen LogP contribution in [-0.2, 0) is 10.0 Å². The van der Waals surface area contributed by atoms with E-state index in [9.17, 15) is 13.2 Å². The van der Waals surface area contributed by atoms with Crippen molar-refractivity contribution < 1.29 is 13.2 Å². The molecule has 0 fully saturated rings. The van der Waals surface area contributed by atoms with Gasteiger partial charge in [0.2, 0.25) is 15.2 Å². The number of hydrogen-bond donors (Lipinski definition) is 2. The molecule has 0 aliphatic heterocycles. The van der Waals surface area contributed by atoms with E-state index in [1.807, 2.05) is 24.3 Å². The number of nitrogens with one attached hydrogen (secondary N) is 2. The highest BCUT2D eigenvalue weighted by molar-refractivity contribution is 7.89. The average Bonchev–Trinajstić information content (AvgIpc) is 3.21. The second-order valence-electron chi connectivity index (χ2n) is 6.70. The summed E-state index contributed by atoms with van der Waals surface area (Å²) in [5.41, 5.74) is 2.45. The Morgan fingerprint density at radius 2 is 1.77 bits per heavy atom. The second kappa shape index (κ2) is 9.17. The fourth-order valence-electron chi connectivity index (χ4n) is 2.58. The highest BCUT2D eigenvalue weighted by Gasteiger charge is 2.15. The van der Waals surface area contributed by atoms with Crippen LogP contribution in [0.1, 0.15) is 35.7 Å². The zero-order chi connectivity index (χ0) is 21.7. The number of terminal acetylenes is 1. The molecule has 154 valence electrons. The summed E-state index contributed by atoms with van der Waals surface area (Å²) in [6, 6.07) is 13.6.